The molecule has 0 saturated heterocycles. The maximum absolute atomic E-state index is 13.2. The zero-order valence-corrected chi connectivity index (χ0v) is 20.7. The molecule has 5 rings (SSSR count). The third-order valence-electron chi connectivity index (χ3n) is 6.39. The Morgan fingerprint density at radius 2 is 1.57 bits per heavy atom. The molecule has 1 aliphatic rings. The van der Waals surface area contributed by atoms with Gasteiger partial charge in [-0.25, -0.2) is 0 Å². The molecule has 1 saturated carbocycles. The van der Waals surface area contributed by atoms with Gasteiger partial charge >= 0.3 is 0 Å². The van der Waals surface area contributed by atoms with Gasteiger partial charge in [0.15, 0.2) is 0 Å². The molecule has 3 aromatic carbocycles. The van der Waals surface area contributed by atoms with E-state index in [0.717, 1.165) is 41.8 Å². The van der Waals surface area contributed by atoms with Gasteiger partial charge in [0.25, 0.3) is 5.91 Å². The molecule has 6 heteroatoms. The second-order valence-corrected chi connectivity index (χ2v) is 9.54. The highest BCUT2D eigenvalue weighted by molar-refractivity contribution is 5.94. The number of carbonyl (C=O) groups is 2. The van der Waals surface area contributed by atoms with Crippen LogP contribution in [-0.2, 0) is 24.3 Å². The zero-order chi connectivity index (χ0) is 25.5. The lowest BCUT2D eigenvalue weighted by atomic mass is 10.0. The van der Waals surface area contributed by atoms with Crippen molar-refractivity contribution in [1.82, 2.24) is 10.2 Å². The number of carbonyl (C=O) groups excluding carboxylic acids is 2. The Morgan fingerprint density at radius 3 is 2.30 bits per heavy atom. The predicted molar refractivity (Wildman–Crippen MR) is 144 cm³/mol. The fourth-order valence-electron chi connectivity index (χ4n) is 4.31. The van der Waals surface area contributed by atoms with Crippen molar-refractivity contribution in [1.29, 1.82) is 0 Å². The molecular weight excluding hydrogens is 462 g/mol. The summed E-state index contributed by atoms with van der Waals surface area (Å²) in [6.07, 6.45) is 4.50. The van der Waals surface area contributed by atoms with E-state index in [1.165, 1.54) is 5.56 Å². The van der Waals surface area contributed by atoms with Crippen molar-refractivity contribution >= 4 is 17.5 Å². The topological polar surface area (TPSA) is 74.6 Å². The van der Waals surface area contributed by atoms with E-state index in [4.69, 9.17) is 4.42 Å². The smallest absolute Gasteiger partial charge is 0.251 e. The number of nitrogens with one attached hydrogen (secondary N) is 2. The summed E-state index contributed by atoms with van der Waals surface area (Å²) in [4.78, 5) is 27.5. The van der Waals surface area contributed by atoms with E-state index in [2.05, 4.69) is 22.8 Å². The summed E-state index contributed by atoms with van der Waals surface area (Å²) in [5, 5.41) is 6.13. The van der Waals surface area contributed by atoms with Crippen molar-refractivity contribution in [2.75, 3.05) is 11.9 Å². The number of hydrogen-bond acceptors (Lipinski definition) is 4. The number of anilines is 1. The van der Waals surface area contributed by atoms with Gasteiger partial charge in [0.2, 0.25) is 5.91 Å². The Bertz CT molecular complexity index is 1310. The van der Waals surface area contributed by atoms with Crippen LogP contribution in [0.3, 0.4) is 0 Å². The van der Waals surface area contributed by atoms with Gasteiger partial charge in [-0.15, -0.1) is 0 Å². The summed E-state index contributed by atoms with van der Waals surface area (Å²) in [6.45, 7) is 1.24. The normalized spacial score (nSPS) is 12.9. The minimum absolute atomic E-state index is 0.0324. The molecule has 0 aliphatic heterocycles. The Kier molecular flexibility index (Phi) is 7.77. The summed E-state index contributed by atoms with van der Waals surface area (Å²) < 4.78 is 5.55. The number of hydrogen-bond donors (Lipinski definition) is 2. The molecule has 0 bridgehead atoms. The average molecular weight is 494 g/mol. The molecule has 0 radical (unpaired) electrons. The van der Waals surface area contributed by atoms with E-state index in [9.17, 15) is 9.59 Å². The van der Waals surface area contributed by atoms with Gasteiger partial charge in [-0.1, -0.05) is 60.7 Å². The van der Waals surface area contributed by atoms with E-state index >= 15 is 0 Å². The van der Waals surface area contributed by atoms with Crippen LogP contribution in [0.25, 0.3) is 0 Å². The second-order valence-electron chi connectivity index (χ2n) is 9.54. The first-order valence-electron chi connectivity index (χ1n) is 12.7. The molecule has 0 unspecified atom stereocenters. The third kappa shape index (κ3) is 7.18. The van der Waals surface area contributed by atoms with Crippen molar-refractivity contribution < 1.29 is 14.0 Å². The monoisotopic (exact) mass is 493 g/mol. The summed E-state index contributed by atoms with van der Waals surface area (Å²) in [7, 11) is 0. The number of nitrogens with zero attached hydrogens (tertiary/aromatic N) is 1. The lowest BCUT2D eigenvalue weighted by molar-refractivity contribution is -0.117. The standard InChI is InChI=1S/C31H31N3O3/c35-30(33-29-11-5-4-9-26(29)19-23-7-2-1-3-8-23)22-34(21-28-10-6-18-37-28)20-24-12-14-25(15-13-24)31(36)32-27-16-17-27/h1-15,18,27H,16-17,19-22H2,(H,32,36)(H,33,35). The largest absolute Gasteiger partial charge is 0.468 e. The van der Waals surface area contributed by atoms with Gasteiger partial charge in [-0.3, -0.25) is 14.5 Å². The first-order valence-corrected chi connectivity index (χ1v) is 12.7. The van der Waals surface area contributed by atoms with Crippen LogP contribution in [0.4, 0.5) is 5.69 Å². The van der Waals surface area contributed by atoms with Gasteiger partial charge < -0.3 is 15.1 Å². The molecule has 0 spiro atoms. The van der Waals surface area contributed by atoms with Gasteiger partial charge in [0.05, 0.1) is 19.4 Å². The fraction of sp³-hybridized carbons (Fsp3) is 0.226. The van der Waals surface area contributed by atoms with Crippen molar-refractivity contribution in [3.63, 3.8) is 0 Å². The molecule has 1 aromatic heterocycles. The molecule has 6 nitrogen and oxygen atoms in total. The van der Waals surface area contributed by atoms with Crippen LogP contribution in [0, 0.1) is 0 Å². The Hall–Kier alpha value is -4.16. The first-order chi connectivity index (χ1) is 18.1. The van der Waals surface area contributed by atoms with Crippen LogP contribution in [0.5, 0.6) is 0 Å². The van der Waals surface area contributed by atoms with Gasteiger partial charge in [0, 0.05) is 23.8 Å². The summed E-state index contributed by atoms with van der Waals surface area (Å²) in [5.41, 5.74) is 4.76. The van der Waals surface area contributed by atoms with Crippen LogP contribution < -0.4 is 10.6 Å². The quantitative estimate of drug-likeness (QED) is 0.293. The fourth-order valence-corrected chi connectivity index (χ4v) is 4.31. The van der Waals surface area contributed by atoms with E-state index in [0.29, 0.717) is 24.7 Å². The molecule has 1 heterocycles. The van der Waals surface area contributed by atoms with E-state index in [1.54, 1.807) is 6.26 Å². The summed E-state index contributed by atoms with van der Waals surface area (Å²) in [6, 6.07) is 29.8. The van der Waals surface area contributed by atoms with Crippen molar-refractivity contribution in [2.45, 2.75) is 38.4 Å². The number of para-hydroxylation sites is 1. The maximum atomic E-state index is 13.2. The molecule has 4 aromatic rings. The van der Waals surface area contributed by atoms with Crippen molar-refractivity contribution in [2.24, 2.45) is 0 Å². The lowest BCUT2D eigenvalue weighted by Crippen LogP contribution is -2.32. The molecule has 2 N–H and O–H groups in total. The SMILES string of the molecule is O=C(CN(Cc1ccc(C(=O)NC2CC2)cc1)Cc1ccco1)Nc1ccccc1Cc1ccccc1. The van der Waals surface area contributed by atoms with Crippen LogP contribution in [0.2, 0.25) is 0 Å². The Morgan fingerprint density at radius 1 is 0.811 bits per heavy atom. The highest BCUT2D eigenvalue weighted by atomic mass is 16.3. The van der Waals surface area contributed by atoms with Gasteiger partial charge in [-0.2, -0.15) is 0 Å². The average Bonchev–Trinajstić information content (AvgIpc) is 3.57. The number of amides is 2. The van der Waals surface area contributed by atoms with Crippen LogP contribution >= 0.6 is 0 Å². The van der Waals surface area contributed by atoms with Crippen LogP contribution in [-0.4, -0.2) is 29.3 Å². The molecule has 1 aliphatic carbocycles. The first kappa shape index (κ1) is 24.5. The Labute approximate surface area is 217 Å². The van der Waals surface area contributed by atoms with E-state index in [1.807, 2.05) is 83.8 Å². The van der Waals surface area contributed by atoms with Crippen LogP contribution in [0.1, 0.15) is 45.7 Å². The van der Waals surface area contributed by atoms with Crippen LogP contribution in [0.15, 0.2) is 102 Å². The molecule has 0 atom stereocenters. The third-order valence-corrected chi connectivity index (χ3v) is 6.39. The number of furan rings is 1. The molecule has 188 valence electrons. The highest BCUT2D eigenvalue weighted by Gasteiger charge is 2.23. The summed E-state index contributed by atoms with van der Waals surface area (Å²) >= 11 is 0. The molecular formula is C31H31N3O3. The number of benzene rings is 3. The van der Waals surface area contributed by atoms with Gasteiger partial charge in [-0.05, 0) is 66.3 Å². The maximum Gasteiger partial charge on any atom is 0.251 e. The predicted octanol–water partition coefficient (Wildman–Crippen LogP) is 5.40. The van der Waals surface area contributed by atoms with E-state index < -0.39 is 0 Å². The molecule has 1 fully saturated rings. The molecule has 2 amide bonds. The molecule has 37 heavy (non-hydrogen) atoms. The zero-order valence-electron chi connectivity index (χ0n) is 20.7. The highest BCUT2D eigenvalue weighted by Crippen LogP contribution is 2.21. The van der Waals surface area contributed by atoms with Crippen molar-refractivity contribution in [3.8, 4) is 0 Å². The minimum Gasteiger partial charge on any atom is -0.468 e. The summed E-state index contributed by atoms with van der Waals surface area (Å²) in [5.74, 6) is 0.667. The van der Waals surface area contributed by atoms with Gasteiger partial charge in [0.1, 0.15) is 5.76 Å². The van der Waals surface area contributed by atoms with Crippen molar-refractivity contribution in [3.05, 3.63) is 125 Å². The minimum atomic E-state index is -0.0903. The lowest BCUT2D eigenvalue weighted by Gasteiger charge is -2.21. The number of rotatable bonds is 11. The second kappa shape index (κ2) is 11.7. The Balaban J connectivity index is 1.25. The van der Waals surface area contributed by atoms with E-state index in [-0.39, 0.29) is 18.4 Å².